The maximum absolute atomic E-state index is 5.18. The molecule has 0 spiro atoms. The average molecular weight is 200 g/mol. The van der Waals surface area contributed by atoms with Crippen LogP contribution in [0.25, 0.3) is 0 Å². The highest BCUT2D eigenvalue weighted by atomic mass is 32.1. The molecule has 0 fully saturated rings. The standard InChI is InChI=1S/C9H16N2OS/c1-4-8(6-12-3)11-7(2)5-10-9(11)13/h5,8H,4,6H2,1-3H3,(H,10,13). The van der Waals surface area contributed by atoms with E-state index in [0.717, 1.165) is 16.9 Å². The van der Waals surface area contributed by atoms with Gasteiger partial charge in [-0.15, -0.1) is 0 Å². The lowest BCUT2D eigenvalue weighted by atomic mass is 10.2. The number of aromatic nitrogens is 2. The summed E-state index contributed by atoms with van der Waals surface area (Å²) in [5, 5.41) is 0. The second kappa shape index (κ2) is 4.58. The summed E-state index contributed by atoms with van der Waals surface area (Å²) in [4.78, 5) is 3.03. The third-order valence-electron chi connectivity index (χ3n) is 2.20. The number of H-pyrrole nitrogens is 1. The van der Waals surface area contributed by atoms with Crippen molar-refractivity contribution in [1.29, 1.82) is 0 Å². The number of aryl methyl sites for hydroxylation is 1. The fourth-order valence-electron chi connectivity index (χ4n) is 1.49. The van der Waals surface area contributed by atoms with E-state index in [-0.39, 0.29) is 0 Å². The molecule has 1 rings (SSSR count). The van der Waals surface area contributed by atoms with Crippen LogP contribution in [0.3, 0.4) is 0 Å². The van der Waals surface area contributed by atoms with Crippen molar-refractivity contribution in [2.75, 3.05) is 13.7 Å². The fraction of sp³-hybridized carbons (Fsp3) is 0.667. The normalized spacial score (nSPS) is 13.2. The van der Waals surface area contributed by atoms with E-state index in [1.54, 1.807) is 7.11 Å². The minimum absolute atomic E-state index is 0.351. The summed E-state index contributed by atoms with van der Waals surface area (Å²) in [7, 11) is 1.72. The fourth-order valence-corrected chi connectivity index (χ4v) is 1.84. The summed E-state index contributed by atoms with van der Waals surface area (Å²) in [6.07, 6.45) is 2.96. The molecule has 1 N–H and O–H groups in total. The molecular weight excluding hydrogens is 184 g/mol. The van der Waals surface area contributed by atoms with Crippen molar-refractivity contribution in [3.8, 4) is 0 Å². The first-order chi connectivity index (χ1) is 6.20. The molecule has 74 valence electrons. The minimum Gasteiger partial charge on any atom is -0.383 e. The zero-order valence-corrected chi connectivity index (χ0v) is 9.15. The first-order valence-corrected chi connectivity index (χ1v) is 4.87. The number of hydrogen-bond acceptors (Lipinski definition) is 2. The van der Waals surface area contributed by atoms with Gasteiger partial charge in [0.05, 0.1) is 12.6 Å². The number of imidazole rings is 1. The molecule has 0 radical (unpaired) electrons. The van der Waals surface area contributed by atoms with Gasteiger partial charge in [-0.1, -0.05) is 6.92 Å². The highest BCUT2D eigenvalue weighted by Crippen LogP contribution is 2.14. The number of nitrogens with zero attached hydrogens (tertiary/aromatic N) is 1. The van der Waals surface area contributed by atoms with Crippen molar-refractivity contribution in [3.63, 3.8) is 0 Å². The molecule has 1 aromatic heterocycles. The first kappa shape index (κ1) is 10.5. The lowest BCUT2D eigenvalue weighted by Crippen LogP contribution is -2.15. The molecule has 1 heterocycles. The molecule has 0 aromatic carbocycles. The van der Waals surface area contributed by atoms with Crippen LogP contribution in [0, 0.1) is 11.7 Å². The van der Waals surface area contributed by atoms with Crippen LogP contribution < -0.4 is 0 Å². The topological polar surface area (TPSA) is 29.9 Å². The summed E-state index contributed by atoms with van der Waals surface area (Å²) in [5.74, 6) is 0. The molecule has 3 nitrogen and oxygen atoms in total. The van der Waals surface area contributed by atoms with Gasteiger partial charge in [-0.25, -0.2) is 0 Å². The van der Waals surface area contributed by atoms with Gasteiger partial charge in [0.15, 0.2) is 4.77 Å². The Morgan fingerprint density at radius 3 is 2.77 bits per heavy atom. The molecule has 0 saturated heterocycles. The Labute approximate surface area is 83.7 Å². The largest absolute Gasteiger partial charge is 0.383 e. The zero-order chi connectivity index (χ0) is 9.84. The smallest absolute Gasteiger partial charge is 0.177 e. The first-order valence-electron chi connectivity index (χ1n) is 4.46. The molecule has 4 heteroatoms. The maximum Gasteiger partial charge on any atom is 0.177 e. The van der Waals surface area contributed by atoms with Gasteiger partial charge in [-0.05, 0) is 25.6 Å². The van der Waals surface area contributed by atoms with Crippen LogP contribution in [0.1, 0.15) is 25.1 Å². The number of aromatic amines is 1. The molecule has 13 heavy (non-hydrogen) atoms. The number of hydrogen-bond donors (Lipinski definition) is 1. The van der Waals surface area contributed by atoms with Crippen molar-refractivity contribution >= 4 is 12.2 Å². The molecular formula is C9H16N2OS. The molecule has 0 aliphatic heterocycles. The molecule has 0 aliphatic rings. The van der Waals surface area contributed by atoms with Crippen LogP contribution >= 0.6 is 12.2 Å². The summed E-state index contributed by atoms with van der Waals surface area (Å²) in [5.41, 5.74) is 1.16. The summed E-state index contributed by atoms with van der Waals surface area (Å²) in [6.45, 7) is 4.89. The lowest BCUT2D eigenvalue weighted by Gasteiger charge is -2.17. The van der Waals surface area contributed by atoms with Crippen LogP contribution in [0.5, 0.6) is 0 Å². The summed E-state index contributed by atoms with van der Waals surface area (Å²) in [6, 6.07) is 0.351. The van der Waals surface area contributed by atoms with Crippen LogP contribution in [0.15, 0.2) is 6.20 Å². The van der Waals surface area contributed by atoms with Crippen LogP contribution in [0.2, 0.25) is 0 Å². The van der Waals surface area contributed by atoms with E-state index in [2.05, 4.69) is 16.5 Å². The summed E-state index contributed by atoms with van der Waals surface area (Å²) >= 11 is 5.18. The quantitative estimate of drug-likeness (QED) is 0.757. The van der Waals surface area contributed by atoms with Gasteiger partial charge < -0.3 is 14.3 Å². The number of nitrogens with one attached hydrogen (secondary N) is 1. The van der Waals surface area contributed by atoms with Gasteiger partial charge in [0, 0.05) is 19.0 Å². The third-order valence-corrected chi connectivity index (χ3v) is 2.51. The predicted octanol–water partition coefficient (Wildman–Crippen LogP) is 2.45. The third kappa shape index (κ3) is 2.19. The predicted molar refractivity (Wildman–Crippen MR) is 55.6 cm³/mol. The van der Waals surface area contributed by atoms with Gasteiger partial charge in [-0.3, -0.25) is 0 Å². The Morgan fingerprint density at radius 2 is 2.38 bits per heavy atom. The van der Waals surface area contributed by atoms with Crippen molar-refractivity contribution in [2.24, 2.45) is 0 Å². The van der Waals surface area contributed by atoms with Crippen molar-refractivity contribution in [2.45, 2.75) is 26.3 Å². The van der Waals surface area contributed by atoms with E-state index >= 15 is 0 Å². The van der Waals surface area contributed by atoms with Crippen LogP contribution in [-0.4, -0.2) is 23.3 Å². The molecule has 1 unspecified atom stereocenters. The Bertz CT molecular complexity index is 316. The van der Waals surface area contributed by atoms with E-state index < -0.39 is 0 Å². The average Bonchev–Trinajstić information content (AvgIpc) is 2.43. The van der Waals surface area contributed by atoms with Gasteiger partial charge >= 0.3 is 0 Å². The summed E-state index contributed by atoms with van der Waals surface area (Å²) < 4.78 is 8.04. The Morgan fingerprint density at radius 1 is 1.69 bits per heavy atom. The molecule has 1 aromatic rings. The van der Waals surface area contributed by atoms with E-state index in [4.69, 9.17) is 17.0 Å². The van der Waals surface area contributed by atoms with E-state index in [1.807, 2.05) is 13.1 Å². The highest BCUT2D eigenvalue weighted by molar-refractivity contribution is 7.71. The van der Waals surface area contributed by atoms with Gasteiger partial charge in [-0.2, -0.15) is 0 Å². The monoisotopic (exact) mass is 200 g/mol. The van der Waals surface area contributed by atoms with Crippen LogP contribution in [-0.2, 0) is 4.74 Å². The molecule has 0 amide bonds. The lowest BCUT2D eigenvalue weighted by molar-refractivity contribution is 0.151. The highest BCUT2D eigenvalue weighted by Gasteiger charge is 2.10. The van der Waals surface area contributed by atoms with Crippen molar-refractivity contribution in [3.05, 3.63) is 16.7 Å². The van der Waals surface area contributed by atoms with Gasteiger partial charge in [0.2, 0.25) is 0 Å². The Balaban J connectivity index is 2.96. The Hall–Kier alpha value is -0.610. The van der Waals surface area contributed by atoms with Crippen LogP contribution in [0.4, 0.5) is 0 Å². The van der Waals surface area contributed by atoms with E-state index in [9.17, 15) is 0 Å². The molecule has 0 aliphatic carbocycles. The number of rotatable bonds is 4. The van der Waals surface area contributed by atoms with Gasteiger partial charge in [0.1, 0.15) is 0 Å². The molecule has 0 saturated carbocycles. The second-order valence-electron chi connectivity index (χ2n) is 3.12. The molecule has 0 bridgehead atoms. The Kier molecular flexibility index (Phi) is 3.69. The van der Waals surface area contributed by atoms with Crippen molar-refractivity contribution < 1.29 is 4.74 Å². The number of methoxy groups -OCH3 is 1. The van der Waals surface area contributed by atoms with E-state index in [1.165, 1.54) is 0 Å². The van der Waals surface area contributed by atoms with Crippen molar-refractivity contribution in [1.82, 2.24) is 9.55 Å². The molecule has 1 atom stereocenters. The second-order valence-corrected chi connectivity index (χ2v) is 3.51. The SMILES string of the molecule is CCC(COC)n1c(C)c[nH]c1=S. The number of ether oxygens (including phenoxy) is 1. The van der Waals surface area contributed by atoms with Gasteiger partial charge in [0.25, 0.3) is 0 Å². The zero-order valence-electron chi connectivity index (χ0n) is 8.33. The minimum atomic E-state index is 0.351. The maximum atomic E-state index is 5.18. The van der Waals surface area contributed by atoms with E-state index in [0.29, 0.717) is 12.6 Å².